The lowest BCUT2D eigenvalue weighted by atomic mass is 9.90. The highest BCUT2D eigenvalue weighted by Gasteiger charge is 2.34. The molecule has 1 N–H and O–H groups in total. The van der Waals surface area contributed by atoms with Crippen molar-refractivity contribution in [3.63, 3.8) is 0 Å². The average Bonchev–Trinajstić information content (AvgIpc) is 2.68. The van der Waals surface area contributed by atoms with Crippen LogP contribution in [0.25, 0.3) is 0 Å². The van der Waals surface area contributed by atoms with Gasteiger partial charge in [0.2, 0.25) is 0 Å². The third-order valence-electron chi connectivity index (χ3n) is 5.08. The van der Waals surface area contributed by atoms with Gasteiger partial charge >= 0.3 is 0 Å². The molecule has 5 heteroatoms. The van der Waals surface area contributed by atoms with Crippen molar-refractivity contribution in [2.24, 2.45) is 0 Å². The van der Waals surface area contributed by atoms with E-state index in [1.54, 1.807) is 4.90 Å². The van der Waals surface area contributed by atoms with E-state index in [0.29, 0.717) is 6.42 Å². The monoisotopic (exact) mass is 378 g/mol. The zero-order valence-corrected chi connectivity index (χ0v) is 15.4. The second-order valence-corrected chi connectivity index (χ2v) is 7.01. The van der Waals surface area contributed by atoms with E-state index in [1.165, 1.54) is 6.07 Å². The van der Waals surface area contributed by atoms with Crippen LogP contribution in [0.5, 0.6) is 0 Å². The van der Waals surface area contributed by atoms with E-state index >= 15 is 0 Å². The Hall–Kier alpha value is -3.21. The summed E-state index contributed by atoms with van der Waals surface area (Å²) >= 11 is 0. The van der Waals surface area contributed by atoms with Crippen molar-refractivity contribution >= 4 is 17.3 Å². The number of halogens is 2. The fraction of sp³-hybridized carbons (Fsp3) is 0.174. The molecule has 0 fully saturated rings. The van der Waals surface area contributed by atoms with Gasteiger partial charge in [0.25, 0.3) is 5.91 Å². The maximum atomic E-state index is 14.2. The van der Waals surface area contributed by atoms with Gasteiger partial charge in [-0.25, -0.2) is 8.78 Å². The number of nitrogens with one attached hydrogen (secondary N) is 1. The SMILES string of the molecule is CC1CC(Nc2ccccc2)c2ccccc2N1C(=O)c1ccc(F)cc1F. The molecule has 4 rings (SSSR count). The molecule has 28 heavy (non-hydrogen) atoms. The lowest BCUT2D eigenvalue weighted by Gasteiger charge is -2.40. The van der Waals surface area contributed by atoms with Crippen molar-refractivity contribution in [2.45, 2.75) is 25.4 Å². The largest absolute Gasteiger partial charge is 0.378 e. The van der Waals surface area contributed by atoms with Gasteiger partial charge in [-0.1, -0.05) is 36.4 Å². The normalized spacial score (nSPS) is 18.5. The Morgan fingerprint density at radius 2 is 1.71 bits per heavy atom. The van der Waals surface area contributed by atoms with E-state index in [-0.39, 0.29) is 17.6 Å². The Balaban J connectivity index is 1.71. The minimum Gasteiger partial charge on any atom is -0.378 e. The minimum absolute atomic E-state index is 0.0238. The first kappa shape index (κ1) is 18.2. The van der Waals surface area contributed by atoms with Gasteiger partial charge in [-0.05, 0) is 49.2 Å². The molecule has 0 spiro atoms. The summed E-state index contributed by atoms with van der Waals surface area (Å²) in [5.41, 5.74) is 2.58. The molecule has 2 atom stereocenters. The van der Waals surface area contributed by atoms with Gasteiger partial charge in [0.1, 0.15) is 11.6 Å². The molecule has 1 aliphatic heterocycles. The van der Waals surface area contributed by atoms with Crippen LogP contribution < -0.4 is 10.2 Å². The predicted molar refractivity (Wildman–Crippen MR) is 106 cm³/mol. The third kappa shape index (κ3) is 3.36. The van der Waals surface area contributed by atoms with Crippen LogP contribution in [0.15, 0.2) is 72.8 Å². The number of nitrogens with zero attached hydrogens (tertiary/aromatic N) is 1. The molecular weight excluding hydrogens is 358 g/mol. The summed E-state index contributed by atoms with van der Waals surface area (Å²) < 4.78 is 27.5. The van der Waals surface area contributed by atoms with Crippen LogP contribution in [0.1, 0.15) is 35.3 Å². The number of hydrogen-bond acceptors (Lipinski definition) is 2. The van der Waals surface area contributed by atoms with Crippen molar-refractivity contribution in [2.75, 3.05) is 10.2 Å². The number of para-hydroxylation sites is 2. The molecule has 1 heterocycles. The molecule has 1 aliphatic rings. The molecule has 0 saturated heterocycles. The Morgan fingerprint density at radius 3 is 2.46 bits per heavy atom. The Kier molecular flexibility index (Phi) is 4.82. The van der Waals surface area contributed by atoms with Crippen molar-refractivity contribution in [3.8, 4) is 0 Å². The molecule has 0 saturated carbocycles. The molecule has 3 aromatic rings. The van der Waals surface area contributed by atoms with E-state index in [9.17, 15) is 13.6 Å². The highest BCUT2D eigenvalue weighted by molar-refractivity contribution is 6.07. The number of hydrogen-bond donors (Lipinski definition) is 1. The number of amides is 1. The van der Waals surface area contributed by atoms with E-state index < -0.39 is 17.5 Å². The molecule has 2 unspecified atom stereocenters. The molecule has 3 nitrogen and oxygen atoms in total. The van der Waals surface area contributed by atoms with E-state index in [1.807, 2.05) is 61.5 Å². The predicted octanol–water partition coefficient (Wildman–Crippen LogP) is 5.56. The smallest absolute Gasteiger partial charge is 0.261 e. The third-order valence-corrected chi connectivity index (χ3v) is 5.08. The Labute approximate surface area is 162 Å². The van der Waals surface area contributed by atoms with Crippen LogP contribution in [0.3, 0.4) is 0 Å². The van der Waals surface area contributed by atoms with Gasteiger partial charge in [-0.3, -0.25) is 4.79 Å². The number of carbonyl (C=O) groups is 1. The summed E-state index contributed by atoms with van der Waals surface area (Å²) in [6.07, 6.45) is 0.667. The molecule has 3 aromatic carbocycles. The summed E-state index contributed by atoms with van der Waals surface area (Å²) in [5.74, 6) is -2.01. The van der Waals surface area contributed by atoms with Crippen LogP contribution in [-0.2, 0) is 0 Å². The van der Waals surface area contributed by atoms with E-state index in [0.717, 1.165) is 29.1 Å². The fourth-order valence-corrected chi connectivity index (χ4v) is 3.79. The van der Waals surface area contributed by atoms with E-state index in [2.05, 4.69) is 5.32 Å². The summed E-state index contributed by atoms with van der Waals surface area (Å²) in [4.78, 5) is 14.7. The summed E-state index contributed by atoms with van der Waals surface area (Å²) in [7, 11) is 0. The van der Waals surface area contributed by atoms with Gasteiger partial charge in [0.05, 0.1) is 11.6 Å². The van der Waals surface area contributed by atoms with Crippen molar-refractivity contribution in [1.29, 1.82) is 0 Å². The summed E-state index contributed by atoms with van der Waals surface area (Å²) in [5, 5.41) is 3.52. The quantitative estimate of drug-likeness (QED) is 0.647. The highest BCUT2D eigenvalue weighted by Crippen LogP contribution is 2.39. The maximum absolute atomic E-state index is 14.2. The molecule has 1 amide bonds. The molecular formula is C23H20F2N2O. The summed E-state index contributed by atoms with van der Waals surface area (Å²) in [6, 6.07) is 20.4. The molecule has 0 bridgehead atoms. The van der Waals surface area contributed by atoms with Crippen LogP contribution in [0.4, 0.5) is 20.2 Å². The second-order valence-electron chi connectivity index (χ2n) is 7.01. The highest BCUT2D eigenvalue weighted by atomic mass is 19.1. The molecule has 142 valence electrons. The van der Waals surface area contributed by atoms with Gasteiger partial charge in [-0.15, -0.1) is 0 Å². The molecule has 0 radical (unpaired) electrons. The van der Waals surface area contributed by atoms with Crippen molar-refractivity contribution in [1.82, 2.24) is 0 Å². The Morgan fingerprint density at radius 1 is 1.00 bits per heavy atom. The van der Waals surface area contributed by atoms with Crippen molar-refractivity contribution in [3.05, 3.63) is 95.6 Å². The Bertz CT molecular complexity index is 1010. The zero-order chi connectivity index (χ0) is 19.7. The first-order chi connectivity index (χ1) is 13.5. The maximum Gasteiger partial charge on any atom is 0.261 e. The average molecular weight is 378 g/mol. The van der Waals surface area contributed by atoms with Gasteiger partial charge in [-0.2, -0.15) is 0 Å². The van der Waals surface area contributed by atoms with Crippen LogP contribution in [-0.4, -0.2) is 11.9 Å². The standard InChI is InChI=1S/C23H20F2N2O/c1-15-13-21(26-17-7-3-2-4-8-17)19-9-5-6-10-22(19)27(15)23(28)18-12-11-16(24)14-20(18)25/h2-12,14-15,21,26H,13H2,1H3. The van der Waals surface area contributed by atoms with Crippen molar-refractivity contribution < 1.29 is 13.6 Å². The fourth-order valence-electron chi connectivity index (χ4n) is 3.79. The lowest BCUT2D eigenvalue weighted by Crippen LogP contribution is -2.44. The van der Waals surface area contributed by atoms with Crippen LogP contribution in [0.2, 0.25) is 0 Å². The van der Waals surface area contributed by atoms with Gasteiger partial charge < -0.3 is 10.2 Å². The second kappa shape index (κ2) is 7.43. The molecule has 0 aromatic heterocycles. The number of carbonyl (C=O) groups excluding carboxylic acids is 1. The topological polar surface area (TPSA) is 32.3 Å². The number of rotatable bonds is 3. The number of fused-ring (bicyclic) bond motifs is 1. The number of anilines is 2. The first-order valence-corrected chi connectivity index (χ1v) is 9.23. The van der Waals surface area contributed by atoms with Crippen LogP contribution in [0, 0.1) is 11.6 Å². The zero-order valence-electron chi connectivity index (χ0n) is 15.4. The summed E-state index contributed by atoms with van der Waals surface area (Å²) in [6.45, 7) is 1.94. The van der Waals surface area contributed by atoms with E-state index in [4.69, 9.17) is 0 Å². The van der Waals surface area contributed by atoms with Gasteiger partial charge in [0, 0.05) is 23.5 Å². The number of benzene rings is 3. The van der Waals surface area contributed by atoms with Gasteiger partial charge in [0.15, 0.2) is 0 Å². The molecule has 0 aliphatic carbocycles. The van der Waals surface area contributed by atoms with Crippen LogP contribution >= 0.6 is 0 Å². The first-order valence-electron chi connectivity index (χ1n) is 9.23. The minimum atomic E-state index is -0.848. The lowest BCUT2D eigenvalue weighted by molar-refractivity contribution is 0.0970.